The molecule has 2 heterocycles. The molecular formula is C8H8ClN3O. The van der Waals surface area contributed by atoms with Crippen LogP contribution in [0.15, 0.2) is 23.4 Å². The van der Waals surface area contributed by atoms with E-state index in [2.05, 4.69) is 15.0 Å². The van der Waals surface area contributed by atoms with Crippen molar-refractivity contribution in [3.8, 4) is 0 Å². The molecule has 1 N–H and O–H groups in total. The zero-order chi connectivity index (χ0) is 8.55. The number of fused-ring (bicyclic) bond motifs is 1. The van der Waals surface area contributed by atoms with Crippen molar-refractivity contribution >= 4 is 23.4 Å². The van der Waals surface area contributed by atoms with Gasteiger partial charge in [0.25, 0.3) is 5.56 Å². The first-order valence-electron chi connectivity index (χ1n) is 3.58. The lowest BCUT2D eigenvalue weighted by Gasteiger charge is -1.96. The SMILES string of the molecule is Cc1ccnc2nc[nH]c(=O)c12.Cl. The predicted molar refractivity (Wildman–Crippen MR) is 52.1 cm³/mol. The summed E-state index contributed by atoms with van der Waals surface area (Å²) in [6.45, 7) is 1.86. The molecule has 2 aromatic heterocycles. The van der Waals surface area contributed by atoms with Crippen LogP contribution in [-0.2, 0) is 0 Å². The number of H-pyrrole nitrogens is 1. The van der Waals surface area contributed by atoms with Crippen LogP contribution in [0.3, 0.4) is 0 Å². The number of aromatic nitrogens is 3. The van der Waals surface area contributed by atoms with E-state index in [1.54, 1.807) is 12.3 Å². The Morgan fingerprint density at radius 3 is 2.85 bits per heavy atom. The number of hydrogen-bond acceptors (Lipinski definition) is 3. The van der Waals surface area contributed by atoms with Crippen LogP contribution in [0, 0.1) is 6.92 Å². The monoisotopic (exact) mass is 197 g/mol. The molecule has 0 bridgehead atoms. The van der Waals surface area contributed by atoms with Gasteiger partial charge in [-0.25, -0.2) is 9.97 Å². The standard InChI is InChI=1S/C8H7N3O.ClH/c1-5-2-3-9-7-6(5)8(12)11-4-10-7;/h2-4H,1H3,(H,9,10,11,12);1H. The van der Waals surface area contributed by atoms with Gasteiger partial charge in [0.1, 0.15) is 0 Å². The highest BCUT2D eigenvalue weighted by atomic mass is 35.5. The number of nitrogens with zero attached hydrogens (tertiary/aromatic N) is 2. The van der Waals surface area contributed by atoms with E-state index >= 15 is 0 Å². The first-order valence-corrected chi connectivity index (χ1v) is 3.58. The third-order valence-corrected chi connectivity index (χ3v) is 1.75. The van der Waals surface area contributed by atoms with Crippen LogP contribution in [0.5, 0.6) is 0 Å². The number of aromatic amines is 1. The van der Waals surface area contributed by atoms with Crippen molar-refractivity contribution < 1.29 is 0 Å². The van der Waals surface area contributed by atoms with Gasteiger partial charge in [-0.1, -0.05) is 0 Å². The predicted octanol–water partition coefficient (Wildman–Crippen LogP) is 1.05. The molecule has 0 aliphatic carbocycles. The Morgan fingerprint density at radius 1 is 1.38 bits per heavy atom. The molecule has 0 fully saturated rings. The molecule has 0 radical (unpaired) electrons. The summed E-state index contributed by atoms with van der Waals surface area (Å²) in [5, 5.41) is 0.569. The third kappa shape index (κ3) is 1.53. The molecule has 2 aromatic rings. The van der Waals surface area contributed by atoms with E-state index in [1.165, 1.54) is 6.33 Å². The summed E-state index contributed by atoms with van der Waals surface area (Å²) in [6.07, 6.45) is 3.00. The van der Waals surface area contributed by atoms with E-state index < -0.39 is 0 Å². The molecule has 0 aromatic carbocycles. The molecule has 0 aliphatic heterocycles. The van der Waals surface area contributed by atoms with Crippen molar-refractivity contribution in [2.75, 3.05) is 0 Å². The zero-order valence-corrected chi connectivity index (χ0v) is 7.76. The molecule has 0 atom stereocenters. The fourth-order valence-corrected chi connectivity index (χ4v) is 1.15. The number of halogens is 1. The number of nitrogens with one attached hydrogen (secondary N) is 1. The molecule has 13 heavy (non-hydrogen) atoms. The van der Waals surface area contributed by atoms with Crippen molar-refractivity contribution in [2.45, 2.75) is 6.92 Å². The van der Waals surface area contributed by atoms with Crippen LogP contribution in [0.25, 0.3) is 11.0 Å². The molecule has 0 aliphatic rings. The minimum absolute atomic E-state index is 0. The fourth-order valence-electron chi connectivity index (χ4n) is 1.15. The highest BCUT2D eigenvalue weighted by Crippen LogP contribution is 2.06. The van der Waals surface area contributed by atoms with Gasteiger partial charge in [-0.3, -0.25) is 4.79 Å². The van der Waals surface area contributed by atoms with E-state index in [9.17, 15) is 4.79 Å². The maximum Gasteiger partial charge on any atom is 0.260 e. The minimum atomic E-state index is -0.134. The maximum absolute atomic E-state index is 11.3. The maximum atomic E-state index is 11.3. The van der Waals surface area contributed by atoms with Crippen molar-refractivity contribution in [1.29, 1.82) is 0 Å². The Balaban J connectivity index is 0.000000845. The number of rotatable bonds is 0. The Labute approximate surface area is 80.5 Å². The van der Waals surface area contributed by atoms with E-state index in [1.807, 2.05) is 6.92 Å². The molecule has 2 rings (SSSR count). The van der Waals surface area contributed by atoms with E-state index in [0.717, 1.165) is 5.56 Å². The molecule has 68 valence electrons. The smallest absolute Gasteiger partial charge is 0.260 e. The topological polar surface area (TPSA) is 58.6 Å². The number of hydrogen-bond donors (Lipinski definition) is 1. The summed E-state index contributed by atoms with van der Waals surface area (Å²) in [6, 6.07) is 1.79. The summed E-state index contributed by atoms with van der Waals surface area (Å²) in [4.78, 5) is 21.7. The lowest BCUT2D eigenvalue weighted by atomic mass is 10.2. The van der Waals surface area contributed by atoms with Crippen molar-refractivity contribution in [3.05, 3.63) is 34.5 Å². The molecule has 0 unspecified atom stereocenters. The molecular weight excluding hydrogens is 190 g/mol. The van der Waals surface area contributed by atoms with Crippen LogP contribution >= 0.6 is 12.4 Å². The molecule has 0 spiro atoms. The van der Waals surface area contributed by atoms with Gasteiger partial charge in [0.15, 0.2) is 5.65 Å². The summed E-state index contributed by atoms with van der Waals surface area (Å²) in [5.74, 6) is 0. The zero-order valence-electron chi connectivity index (χ0n) is 6.94. The highest BCUT2D eigenvalue weighted by molar-refractivity contribution is 5.85. The van der Waals surface area contributed by atoms with Crippen LogP contribution in [0.1, 0.15) is 5.56 Å². The van der Waals surface area contributed by atoms with Crippen molar-refractivity contribution in [3.63, 3.8) is 0 Å². The van der Waals surface area contributed by atoms with Crippen LogP contribution in [0.2, 0.25) is 0 Å². The van der Waals surface area contributed by atoms with Gasteiger partial charge in [-0.05, 0) is 18.6 Å². The van der Waals surface area contributed by atoms with Gasteiger partial charge in [-0.15, -0.1) is 12.4 Å². The highest BCUT2D eigenvalue weighted by Gasteiger charge is 2.01. The lowest BCUT2D eigenvalue weighted by molar-refractivity contribution is 1.13. The normalized spacial score (nSPS) is 9.62. The van der Waals surface area contributed by atoms with Crippen LogP contribution in [-0.4, -0.2) is 15.0 Å². The largest absolute Gasteiger partial charge is 0.312 e. The van der Waals surface area contributed by atoms with Gasteiger partial charge in [0, 0.05) is 6.20 Å². The molecule has 0 saturated carbocycles. The Morgan fingerprint density at radius 2 is 2.15 bits per heavy atom. The second-order valence-electron chi connectivity index (χ2n) is 2.56. The molecule has 5 heteroatoms. The van der Waals surface area contributed by atoms with E-state index in [4.69, 9.17) is 0 Å². The first-order chi connectivity index (χ1) is 5.79. The second-order valence-corrected chi connectivity index (χ2v) is 2.56. The van der Waals surface area contributed by atoms with Gasteiger partial charge in [0.05, 0.1) is 11.7 Å². The Hall–Kier alpha value is -1.42. The summed E-state index contributed by atoms with van der Waals surface area (Å²) in [7, 11) is 0. The van der Waals surface area contributed by atoms with E-state index in [-0.39, 0.29) is 18.0 Å². The number of pyridine rings is 1. The van der Waals surface area contributed by atoms with Gasteiger partial charge in [-0.2, -0.15) is 0 Å². The van der Waals surface area contributed by atoms with E-state index in [0.29, 0.717) is 11.0 Å². The average molecular weight is 198 g/mol. The van der Waals surface area contributed by atoms with Crippen LogP contribution < -0.4 is 5.56 Å². The van der Waals surface area contributed by atoms with Gasteiger partial charge in [0.2, 0.25) is 0 Å². The van der Waals surface area contributed by atoms with Crippen LogP contribution in [0.4, 0.5) is 0 Å². The summed E-state index contributed by atoms with van der Waals surface area (Å²) < 4.78 is 0. The molecule has 0 saturated heterocycles. The summed E-state index contributed by atoms with van der Waals surface area (Å²) >= 11 is 0. The fraction of sp³-hybridized carbons (Fsp3) is 0.125. The third-order valence-electron chi connectivity index (χ3n) is 1.75. The Bertz CT molecular complexity index is 475. The average Bonchev–Trinajstić information content (AvgIpc) is 2.04. The second kappa shape index (κ2) is 3.53. The van der Waals surface area contributed by atoms with Gasteiger partial charge < -0.3 is 4.98 Å². The lowest BCUT2D eigenvalue weighted by Crippen LogP contribution is -2.08. The minimum Gasteiger partial charge on any atom is -0.312 e. The Kier molecular flexibility index (Phi) is 2.63. The van der Waals surface area contributed by atoms with Gasteiger partial charge >= 0.3 is 0 Å². The quantitative estimate of drug-likeness (QED) is 0.687. The van der Waals surface area contributed by atoms with Crippen molar-refractivity contribution in [2.24, 2.45) is 0 Å². The molecule has 4 nitrogen and oxygen atoms in total. The molecule has 0 amide bonds. The number of aryl methyl sites for hydroxylation is 1. The first kappa shape index (κ1) is 9.67. The van der Waals surface area contributed by atoms with Crippen molar-refractivity contribution in [1.82, 2.24) is 15.0 Å². The summed E-state index contributed by atoms with van der Waals surface area (Å²) in [5.41, 5.74) is 1.26.